The Labute approximate surface area is 69.9 Å². The first kappa shape index (κ1) is 6.68. The fraction of sp³-hybridized carbons (Fsp3) is 0.125. The molecule has 2 nitrogen and oxygen atoms in total. The molecule has 1 aromatic carbocycles. The van der Waals surface area contributed by atoms with E-state index in [0.29, 0.717) is 0 Å². The van der Waals surface area contributed by atoms with E-state index in [-0.39, 0.29) is 0 Å². The average Bonchev–Trinajstić information content (AvgIpc) is 2.04. The summed E-state index contributed by atoms with van der Waals surface area (Å²) in [5.41, 5.74) is 2.25. The largest absolute Gasteiger partial charge is 0.278 e. The molecular formula is C8H7ClN2+. The van der Waals surface area contributed by atoms with Crippen LogP contribution in [0.4, 0.5) is 5.69 Å². The lowest BCUT2D eigenvalue weighted by molar-refractivity contribution is 0.959. The van der Waals surface area contributed by atoms with Gasteiger partial charge in [-0.1, -0.05) is 16.6 Å². The SMILES string of the molecule is Clc1ccc2c(c1)C[N+]=CN2. The van der Waals surface area contributed by atoms with Crippen molar-refractivity contribution in [3.8, 4) is 0 Å². The second-order valence-corrected chi connectivity index (χ2v) is 2.85. The number of rotatable bonds is 0. The van der Waals surface area contributed by atoms with Crippen LogP contribution in [0.2, 0.25) is 5.02 Å². The summed E-state index contributed by atoms with van der Waals surface area (Å²) in [6.45, 7) is 0.725. The van der Waals surface area contributed by atoms with Crippen molar-refractivity contribution in [2.45, 2.75) is 6.54 Å². The van der Waals surface area contributed by atoms with Gasteiger partial charge in [0.1, 0.15) is 5.69 Å². The second-order valence-electron chi connectivity index (χ2n) is 2.42. The van der Waals surface area contributed by atoms with Gasteiger partial charge in [0.2, 0.25) is 0 Å². The number of anilines is 1. The fourth-order valence-electron chi connectivity index (χ4n) is 1.09. The van der Waals surface area contributed by atoms with Crippen molar-refractivity contribution in [2.24, 2.45) is 0 Å². The predicted octanol–water partition coefficient (Wildman–Crippen LogP) is 1.63. The lowest BCUT2D eigenvalue weighted by atomic mass is 10.1. The quantitative estimate of drug-likeness (QED) is 0.623. The van der Waals surface area contributed by atoms with E-state index in [0.717, 1.165) is 22.8 Å². The van der Waals surface area contributed by atoms with Gasteiger partial charge < -0.3 is 0 Å². The minimum atomic E-state index is 0.725. The Morgan fingerprint density at radius 1 is 1.45 bits per heavy atom. The average molecular weight is 167 g/mol. The maximum Gasteiger partial charge on any atom is 0.278 e. The van der Waals surface area contributed by atoms with Gasteiger partial charge in [-0.25, -0.2) is 5.32 Å². The van der Waals surface area contributed by atoms with Gasteiger partial charge >= 0.3 is 0 Å². The summed E-state index contributed by atoms with van der Waals surface area (Å²) in [6, 6.07) is 5.76. The molecule has 0 aromatic heterocycles. The van der Waals surface area contributed by atoms with E-state index in [1.807, 2.05) is 18.2 Å². The van der Waals surface area contributed by atoms with Gasteiger partial charge in [0.25, 0.3) is 6.34 Å². The van der Waals surface area contributed by atoms with Crippen molar-refractivity contribution < 1.29 is 0 Å². The van der Waals surface area contributed by atoms with Gasteiger partial charge in [-0.05, 0) is 18.2 Å². The summed E-state index contributed by atoms with van der Waals surface area (Å²) >= 11 is 5.80. The van der Waals surface area contributed by atoms with Crippen molar-refractivity contribution in [3.63, 3.8) is 0 Å². The standard InChI is InChI=1S/C8H7ClN2/c9-7-1-2-8-6(3-7)4-10-5-11-8/h1-3,5,11H,4H2/q+1. The molecule has 11 heavy (non-hydrogen) atoms. The van der Waals surface area contributed by atoms with E-state index in [2.05, 4.69) is 10.3 Å². The Balaban J connectivity index is 2.48. The molecule has 3 heteroatoms. The van der Waals surface area contributed by atoms with Gasteiger partial charge in [0, 0.05) is 10.6 Å². The molecule has 0 saturated carbocycles. The monoisotopic (exact) mass is 166 g/mol. The van der Waals surface area contributed by atoms with Gasteiger partial charge in [-0.15, -0.1) is 0 Å². The van der Waals surface area contributed by atoms with Crippen molar-refractivity contribution >= 4 is 23.6 Å². The van der Waals surface area contributed by atoms with Gasteiger partial charge in [0.15, 0.2) is 6.54 Å². The molecule has 0 unspecified atom stereocenters. The highest BCUT2D eigenvalue weighted by molar-refractivity contribution is 6.30. The first-order valence-electron chi connectivity index (χ1n) is 3.39. The van der Waals surface area contributed by atoms with Crippen LogP contribution < -0.4 is 10.3 Å². The van der Waals surface area contributed by atoms with Crippen LogP contribution in [-0.4, -0.2) is 6.34 Å². The van der Waals surface area contributed by atoms with Gasteiger partial charge in [-0.2, -0.15) is 0 Å². The van der Waals surface area contributed by atoms with Crippen LogP contribution in [-0.2, 0) is 6.54 Å². The lowest BCUT2D eigenvalue weighted by Gasteiger charge is -2.03. The molecule has 0 fully saturated rings. The van der Waals surface area contributed by atoms with Crippen LogP contribution >= 0.6 is 11.6 Å². The topological polar surface area (TPSA) is 26.1 Å². The van der Waals surface area contributed by atoms with E-state index < -0.39 is 0 Å². The molecule has 1 aromatic rings. The van der Waals surface area contributed by atoms with Crippen LogP contribution in [0.3, 0.4) is 0 Å². The van der Waals surface area contributed by atoms with E-state index in [4.69, 9.17) is 11.6 Å². The van der Waals surface area contributed by atoms with Crippen LogP contribution in [0.25, 0.3) is 0 Å². The summed E-state index contributed by atoms with van der Waals surface area (Å²) in [5, 5.41) is 3.81. The number of hydrogen-bond acceptors (Lipinski definition) is 2. The summed E-state index contributed by atoms with van der Waals surface area (Å²) in [6.07, 6.45) is 1.70. The number of benzene rings is 1. The Morgan fingerprint density at radius 2 is 2.36 bits per heavy atom. The maximum absolute atomic E-state index is 5.80. The first-order valence-corrected chi connectivity index (χ1v) is 3.77. The molecular weight excluding hydrogens is 160 g/mol. The van der Waals surface area contributed by atoms with Crippen molar-refractivity contribution in [2.75, 3.05) is 5.32 Å². The minimum absolute atomic E-state index is 0.725. The van der Waals surface area contributed by atoms with Crippen LogP contribution in [0.15, 0.2) is 18.2 Å². The zero-order valence-electron chi connectivity index (χ0n) is 5.84. The molecule has 0 atom stereocenters. The second kappa shape index (κ2) is 2.55. The Morgan fingerprint density at radius 3 is 3.27 bits per heavy atom. The van der Waals surface area contributed by atoms with Crippen molar-refractivity contribution in [1.82, 2.24) is 4.99 Å². The Hall–Kier alpha value is -1.02. The molecule has 0 aliphatic carbocycles. The van der Waals surface area contributed by atoms with Crippen LogP contribution in [0, 0.1) is 0 Å². The molecule has 55 valence electrons. The molecule has 0 bridgehead atoms. The smallest absolute Gasteiger partial charge is 0.244 e. The first-order chi connectivity index (χ1) is 5.36. The number of nitrogens with zero attached hydrogens (tertiary/aromatic N) is 1. The highest BCUT2D eigenvalue weighted by Gasteiger charge is 2.11. The molecule has 1 radical (unpaired) electrons. The summed E-state index contributed by atoms with van der Waals surface area (Å²) in [4.78, 5) is 4.06. The third-order valence-corrected chi connectivity index (χ3v) is 1.88. The van der Waals surface area contributed by atoms with E-state index >= 15 is 0 Å². The molecule has 0 amide bonds. The number of hydrogen-bond donors (Lipinski definition) is 1. The third-order valence-electron chi connectivity index (χ3n) is 1.64. The van der Waals surface area contributed by atoms with Gasteiger partial charge in [0.05, 0.1) is 0 Å². The predicted molar refractivity (Wildman–Crippen MR) is 47.0 cm³/mol. The van der Waals surface area contributed by atoms with E-state index in [9.17, 15) is 0 Å². The zero-order chi connectivity index (χ0) is 7.68. The van der Waals surface area contributed by atoms with E-state index in [1.54, 1.807) is 6.34 Å². The molecule has 0 saturated heterocycles. The third kappa shape index (κ3) is 1.21. The number of nitrogens with one attached hydrogen (secondary N) is 1. The summed E-state index contributed by atoms with van der Waals surface area (Å²) in [5.74, 6) is 0. The molecule has 1 N–H and O–H groups in total. The molecule has 0 spiro atoms. The van der Waals surface area contributed by atoms with E-state index in [1.165, 1.54) is 0 Å². The molecule has 1 aliphatic rings. The Kier molecular flexibility index (Phi) is 1.55. The number of aliphatic imine (C=N–C) groups is 1. The number of fused-ring (bicyclic) bond motifs is 1. The molecule has 1 heterocycles. The lowest BCUT2D eigenvalue weighted by Crippen LogP contribution is -2.11. The highest BCUT2D eigenvalue weighted by Crippen LogP contribution is 2.20. The maximum atomic E-state index is 5.80. The molecule has 1 aliphatic heterocycles. The summed E-state index contributed by atoms with van der Waals surface area (Å²) in [7, 11) is 0. The zero-order valence-corrected chi connectivity index (χ0v) is 6.60. The normalized spacial score (nSPS) is 13.9. The van der Waals surface area contributed by atoms with Gasteiger partial charge in [-0.3, -0.25) is 0 Å². The molecule has 2 rings (SSSR count). The van der Waals surface area contributed by atoms with Crippen LogP contribution in [0.1, 0.15) is 5.56 Å². The highest BCUT2D eigenvalue weighted by atomic mass is 35.5. The van der Waals surface area contributed by atoms with Crippen LogP contribution in [0.5, 0.6) is 0 Å². The summed E-state index contributed by atoms with van der Waals surface area (Å²) < 4.78 is 0. The van der Waals surface area contributed by atoms with Crippen molar-refractivity contribution in [3.05, 3.63) is 28.8 Å². The van der Waals surface area contributed by atoms with Crippen molar-refractivity contribution in [1.29, 1.82) is 0 Å². The fourth-order valence-corrected chi connectivity index (χ4v) is 1.29. The number of halogens is 1. The Bertz CT molecular complexity index is 307. The minimum Gasteiger partial charge on any atom is -0.244 e.